The Morgan fingerprint density at radius 2 is 1.87 bits per heavy atom. The monoisotopic (exact) mass is 311 g/mol. The van der Waals surface area contributed by atoms with Crippen molar-refractivity contribution in [3.05, 3.63) is 58.5 Å². The minimum atomic E-state index is -1.01. The van der Waals surface area contributed by atoms with Crippen molar-refractivity contribution < 1.29 is 9.90 Å². The quantitative estimate of drug-likeness (QED) is 0.643. The number of carboxylic acids is 1. The Hall–Kier alpha value is -3.42. The Labute approximate surface area is 130 Å². The summed E-state index contributed by atoms with van der Waals surface area (Å²) in [6.07, 6.45) is 1.85. The molecule has 0 bridgehead atoms. The van der Waals surface area contributed by atoms with Gasteiger partial charge in [0.05, 0.1) is 16.9 Å². The van der Waals surface area contributed by atoms with Gasteiger partial charge in [-0.2, -0.15) is 5.11 Å². The largest absolute Gasteiger partial charge is 0.478 e. The third-order valence-electron chi connectivity index (χ3n) is 3.33. The van der Waals surface area contributed by atoms with Gasteiger partial charge in [0.2, 0.25) is 0 Å². The molecule has 0 saturated carbocycles. The van der Waals surface area contributed by atoms with Crippen LogP contribution >= 0.6 is 0 Å². The van der Waals surface area contributed by atoms with E-state index in [1.165, 1.54) is 24.3 Å². The Morgan fingerprint density at radius 3 is 2.48 bits per heavy atom. The highest BCUT2D eigenvalue weighted by Gasteiger charge is 2.13. The normalized spacial score (nSPS) is 11.2. The zero-order valence-electron chi connectivity index (χ0n) is 12.1. The third-order valence-corrected chi connectivity index (χ3v) is 3.33. The molecule has 1 aromatic carbocycles. The van der Waals surface area contributed by atoms with Crippen LogP contribution in [0.2, 0.25) is 0 Å². The summed E-state index contributed by atoms with van der Waals surface area (Å²) in [4.78, 5) is 22.7. The van der Waals surface area contributed by atoms with Crippen molar-refractivity contribution in [3.63, 3.8) is 0 Å². The van der Waals surface area contributed by atoms with Crippen LogP contribution in [0.3, 0.4) is 0 Å². The molecule has 2 aromatic heterocycles. The molecule has 0 spiro atoms. The maximum atomic E-state index is 11.9. The van der Waals surface area contributed by atoms with E-state index in [9.17, 15) is 9.59 Å². The predicted molar refractivity (Wildman–Crippen MR) is 83.4 cm³/mol. The molecule has 3 aromatic rings. The lowest BCUT2D eigenvalue weighted by molar-refractivity contribution is 0.0697. The van der Waals surface area contributed by atoms with Crippen molar-refractivity contribution in [1.29, 1.82) is 0 Å². The number of aryl methyl sites for hydroxylation is 1. The number of carboxylic acid groups (broad SMARTS) is 1. The average molecular weight is 311 g/mol. The number of nitrogens with zero attached hydrogens (tertiary/aromatic N) is 3. The van der Waals surface area contributed by atoms with E-state index >= 15 is 0 Å². The Kier molecular flexibility index (Phi) is 3.63. The fourth-order valence-corrected chi connectivity index (χ4v) is 2.13. The average Bonchev–Trinajstić information content (AvgIpc) is 3.11. The van der Waals surface area contributed by atoms with E-state index < -0.39 is 5.97 Å². The molecule has 8 heteroatoms. The van der Waals surface area contributed by atoms with Crippen LogP contribution in [0.5, 0.6) is 0 Å². The van der Waals surface area contributed by atoms with E-state index in [4.69, 9.17) is 5.11 Å². The van der Waals surface area contributed by atoms with Gasteiger partial charge >= 0.3 is 5.97 Å². The molecule has 0 aliphatic heterocycles. The summed E-state index contributed by atoms with van der Waals surface area (Å²) in [5.74, 6) is -1.01. The SMILES string of the molecule is Cn1cccc1-c1[nH][nH]c(=O)c1N=Nc1ccc(C(=O)O)cc1. The van der Waals surface area contributed by atoms with Crippen molar-refractivity contribution in [1.82, 2.24) is 14.8 Å². The number of H-pyrrole nitrogens is 2. The van der Waals surface area contributed by atoms with Gasteiger partial charge in [0.1, 0.15) is 5.69 Å². The van der Waals surface area contributed by atoms with Crippen molar-refractivity contribution in [2.75, 3.05) is 0 Å². The molecule has 2 heterocycles. The minimum absolute atomic E-state index is 0.160. The van der Waals surface area contributed by atoms with Gasteiger partial charge in [-0.3, -0.25) is 15.0 Å². The van der Waals surface area contributed by atoms with E-state index in [-0.39, 0.29) is 16.8 Å². The van der Waals surface area contributed by atoms with Gasteiger partial charge < -0.3 is 9.67 Å². The number of aromatic amines is 2. The molecule has 8 nitrogen and oxygen atoms in total. The van der Waals surface area contributed by atoms with Crippen LogP contribution < -0.4 is 5.56 Å². The second kappa shape index (κ2) is 5.76. The highest BCUT2D eigenvalue weighted by atomic mass is 16.4. The smallest absolute Gasteiger partial charge is 0.335 e. The van der Waals surface area contributed by atoms with E-state index in [2.05, 4.69) is 20.4 Å². The fourth-order valence-electron chi connectivity index (χ4n) is 2.13. The number of benzene rings is 1. The van der Waals surface area contributed by atoms with Crippen LogP contribution in [0.15, 0.2) is 57.6 Å². The molecule has 23 heavy (non-hydrogen) atoms. The number of rotatable bonds is 4. The van der Waals surface area contributed by atoms with Crippen LogP contribution in [0, 0.1) is 0 Å². The van der Waals surface area contributed by atoms with Gasteiger partial charge in [0.15, 0.2) is 5.69 Å². The first-order valence-electron chi connectivity index (χ1n) is 6.73. The van der Waals surface area contributed by atoms with Gasteiger partial charge in [-0.15, -0.1) is 5.11 Å². The van der Waals surface area contributed by atoms with Gasteiger partial charge in [-0.1, -0.05) is 0 Å². The molecule has 0 radical (unpaired) electrons. The summed E-state index contributed by atoms with van der Waals surface area (Å²) in [6.45, 7) is 0. The highest BCUT2D eigenvalue weighted by molar-refractivity contribution is 5.87. The third kappa shape index (κ3) is 2.82. The molecule has 0 amide bonds. The number of aromatic carboxylic acids is 1. The van der Waals surface area contributed by atoms with Crippen molar-refractivity contribution in [3.8, 4) is 11.4 Å². The molecule has 3 rings (SSSR count). The highest BCUT2D eigenvalue weighted by Crippen LogP contribution is 2.26. The first-order valence-corrected chi connectivity index (χ1v) is 6.73. The second-order valence-corrected chi connectivity index (χ2v) is 4.86. The van der Waals surface area contributed by atoms with E-state index in [0.717, 1.165) is 5.69 Å². The summed E-state index contributed by atoms with van der Waals surface area (Å²) in [5.41, 5.74) is 1.72. The van der Waals surface area contributed by atoms with Crippen LogP contribution in [-0.2, 0) is 7.05 Å². The van der Waals surface area contributed by atoms with Crippen LogP contribution in [0.1, 0.15) is 10.4 Å². The first-order chi connectivity index (χ1) is 11.1. The zero-order valence-corrected chi connectivity index (χ0v) is 12.1. The summed E-state index contributed by atoms with van der Waals surface area (Å²) in [7, 11) is 1.85. The van der Waals surface area contributed by atoms with Crippen molar-refractivity contribution in [2.45, 2.75) is 0 Å². The lowest BCUT2D eigenvalue weighted by Crippen LogP contribution is -1.97. The standard InChI is InChI=1S/C15H13N5O3/c1-20-8-2-3-11(20)12-13(14(21)19-17-12)18-16-10-6-4-9(5-7-10)15(22)23/h2-8H,1H3,(H,22,23)(H2,17,19,21). The number of hydrogen-bond donors (Lipinski definition) is 3. The molecule has 0 aliphatic rings. The lowest BCUT2D eigenvalue weighted by atomic mass is 10.2. The molecular formula is C15H13N5O3. The molecule has 0 aliphatic carbocycles. The Balaban J connectivity index is 1.94. The molecule has 0 unspecified atom stereocenters. The Bertz CT molecular complexity index is 931. The maximum Gasteiger partial charge on any atom is 0.335 e. The molecule has 116 valence electrons. The molecule has 3 N–H and O–H groups in total. The summed E-state index contributed by atoms with van der Waals surface area (Å²) < 4.78 is 1.85. The van der Waals surface area contributed by atoms with Gasteiger partial charge in [0, 0.05) is 13.2 Å². The molecular weight excluding hydrogens is 298 g/mol. The molecule has 0 atom stereocenters. The summed E-state index contributed by atoms with van der Waals surface area (Å²) in [6, 6.07) is 9.60. The van der Waals surface area contributed by atoms with Crippen LogP contribution in [0.25, 0.3) is 11.4 Å². The number of hydrogen-bond acceptors (Lipinski definition) is 4. The Morgan fingerprint density at radius 1 is 1.13 bits per heavy atom. The van der Waals surface area contributed by atoms with E-state index in [0.29, 0.717) is 11.4 Å². The van der Waals surface area contributed by atoms with Gasteiger partial charge in [-0.25, -0.2) is 4.79 Å². The number of carbonyl (C=O) groups is 1. The molecule has 0 saturated heterocycles. The fraction of sp³-hybridized carbons (Fsp3) is 0.0667. The van der Waals surface area contributed by atoms with Crippen molar-refractivity contribution in [2.24, 2.45) is 17.3 Å². The van der Waals surface area contributed by atoms with Gasteiger partial charge in [-0.05, 0) is 36.4 Å². The first kappa shape index (κ1) is 14.5. The second-order valence-electron chi connectivity index (χ2n) is 4.86. The number of aromatic nitrogens is 3. The summed E-state index contributed by atoms with van der Waals surface area (Å²) >= 11 is 0. The topological polar surface area (TPSA) is 116 Å². The van der Waals surface area contributed by atoms with E-state index in [1.807, 2.05) is 29.9 Å². The van der Waals surface area contributed by atoms with Crippen LogP contribution in [0.4, 0.5) is 11.4 Å². The number of nitrogens with one attached hydrogen (secondary N) is 2. The maximum absolute atomic E-state index is 11.9. The number of azo groups is 1. The lowest BCUT2D eigenvalue weighted by Gasteiger charge is -2.00. The van der Waals surface area contributed by atoms with E-state index in [1.54, 1.807) is 0 Å². The molecule has 0 fully saturated rings. The van der Waals surface area contributed by atoms with Crippen LogP contribution in [-0.4, -0.2) is 25.8 Å². The van der Waals surface area contributed by atoms with Gasteiger partial charge in [0.25, 0.3) is 5.56 Å². The minimum Gasteiger partial charge on any atom is -0.478 e. The summed E-state index contributed by atoms with van der Waals surface area (Å²) in [5, 5.41) is 22.1. The van der Waals surface area contributed by atoms with Crippen molar-refractivity contribution >= 4 is 17.3 Å². The predicted octanol–water partition coefficient (Wildman–Crippen LogP) is 2.82. The zero-order chi connectivity index (χ0) is 16.4.